The van der Waals surface area contributed by atoms with Gasteiger partial charge in [-0.25, -0.2) is 4.98 Å². The van der Waals surface area contributed by atoms with Crippen molar-refractivity contribution in [2.24, 2.45) is 7.05 Å². The standard InChI is InChI=1S/C19H22N4O3/c1-21-13-20-17(10-18(21)24)22-8-9-26-16(12-22)19(25)23-7-6-14-4-2-3-5-15(14)11-23/h2-5,10,13,16H,6-9,11-12H2,1H3. The first-order chi connectivity index (χ1) is 12.6. The van der Waals surface area contributed by atoms with Gasteiger partial charge in [-0.05, 0) is 17.5 Å². The van der Waals surface area contributed by atoms with Gasteiger partial charge in [0.05, 0.1) is 19.5 Å². The second-order valence-corrected chi connectivity index (χ2v) is 6.78. The van der Waals surface area contributed by atoms with Crippen molar-refractivity contribution in [2.75, 3.05) is 31.1 Å². The number of fused-ring (bicyclic) bond motifs is 1. The molecule has 1 aromatic heterocycles. The lowest BCUT2D eigenvalue weighted by Crippen LogP contribution is -2.52. The van der Waals surface area contributed by atoms with Gasteiger partial charge in [-0.15, -0.1) is 0 Å². The Bertz CT molecular complexity index is 879. The first kappa shape index (κ1) is 16.8. The van der Waals surface area contributed by atoms with Crippen molar-refractivity contribution in [1.29, 1.82) is 0 Å². The Morgan fingerprint density at radius 2 is 2.04 bits per heavy atom. The third kappa shape index (κ3) is 3.22. The van der Waals surface area contributed by atoms with Crippen LogP contribution in [0.5, 0.6) is 0 Å². The van der Waals surface area contributed by atoms with Crippen LogP contribution in [0.25, 0.3) is 0 Å². The van der Waals surface area contributed by atoms with Gasteiger partial charge < -0.3 is 19.1 Å². The number of aryl methyl sites for hydroxylation is 1. The van der Waals surface area contributed by atoms with Crippen LogP contribution in [-0.4, -0.2) is 52.7 Å². The summed E-state index contributed by atoms with van der Waals surface area (Å²) in [5, 5.41) is 0. The van der Waals surface area contributed by atoms with Gasteiger partial charge in [0.2, 0.25) is 0 Å². The van der Waals surface area contributed by atoms with Crippen molar-refractivity contribution in [3.05, 3.63) is 58.1 Å². The van der Waals surface area contributed by atoms with Crippen LogP contribution >= 0.6 is 0 Å². The second-order valence-electron chi connectivity index (χ2n) is 6.78. The summed E-state index contributed by atoms with van der Waals surface area (Å²) in [5.74, 6) is 0.603. The van der Waals surface area contributed by atoms with Gasteiger partial charge in [0.1, 0.15) is 5.82 Å². The summed E-state index contributed by atoms with van der Waals surface area (Å²) in [6.45, 7) is 2.81. The van der Waals surface area contributed by atoms with Crippen LogP contribution in [0.3, 0.4) is 0 Å². The number of hydrogen-bond donors (Lipinski definition) is 0. The lowest BCUT2D eigenvalue weighted by atomic mass is 9.99. The molecule has 0 spiro atoms. The summed E-state index contributed by atoms with van der Waals surface area (Å²) < 4.78 is 7.17. The number of morpholine rings is 1. The zero-order chi connectivity index (χ0) is 18.1. The monoisotopic (exact) mass is 354 g/mol. The number of ether oxygens (including phenoxy) is 1. The fraction of sp³-hybridized carbons (Fsp3) is 0.421. The van der Waals surface area contributed by atoms with Gasteiger partial charge in [-0.3, -0.25) is 9.59 Å². The molecule has 1 saturated heterocycles. The van der Waals surface area contributed by atoms with E-state index in [2.05, 4.69) is 17.1 Å². The maximum Gasteiger partial charge on any atom is 0.255 e. The van der Waals surface area contributed by atoms with Crippen LogP contribution in [0.2, 0.25) is 0 Å². The van der Waals surface area contributed by atoms with Crippen molar-refractivity contribution in [3.63, 3.8) is 0 Å². The fourth-order valence-electron chi connectivity index (χ4n) is 3.52. The number of carbonyl (C=O) groups is 1. The molecule has 2 aliphatic heterocycles. The van der Waals surface area contributed by atoms with Gasteiger partial charge in [-0.2, -0.15) is 0 Å². The summed E-state index contributed by atoms with van der Waals surface area (Å²) in [4.78, 5) is 32.9. The Morgan fingerprint density at radius 3 is 2.85 bits per heavy atom. The first-order valence-corrected chi connectivity index (χ1v) is 8.86. The van der Waals surface area contributed by atoms with Crippen molar-refractivity contribution >= 4 is 11.7 Å². The zero-order valence-corrected chi connectivity index (χ0v) is 14.8. The average molecular weight is 354 g/mol. The van der Waals surface area contributed by atoms with E-state index in [-0.39, 0.29) is 11.5 Å². The molecule has 2 aromatic rings. The van der Waals surface area contributed by atoms with Gasteiger partial charge in [0, 0.05) is 32.7 Å². The molecule has 0 radical (unpaired) electrons. The van der Waals surface area contributed by atoms with Crippen molar-refractivity contribution in [2.45, 2.75) is 19.1 Å². The Morgan fingerprint density at radius 1 is 1.23 bits per heavy atom. The molecular formula is C19H22N4O3. The molecule has 2 aliphatic rings. The smallest absolute Gasteiger partial charge is 0.255 e. The number of amides is 1. The number of carbonyl (C=O) groups excluding carboxylic acids is 1. The number of aromatic nitrogens is 2. The van der Waals surface area contributed by atoms with Crippen LogP contribution in [-0.2, 0) is 29.5 Å². The predicted molar refractivity (Wildman–Crippen MR) is 97.0 cm³/mol. The maximum atomic E-state index is 12.9. The van der Waals surface area contributed by atoms with E-state index in [0.717, 1.165) is 6.42 Å². The first-order valence-electron chi connectivity index (χ1n) is 8.86. The van der Waals surface area contributed by atoms with E-state index in [0.29, 0.717) is 38.6 Å². The van der Waals surface area contributed by atoms with E-state index in [9.17, 15) is 9.59 Å². The highest BCUT2D eigenvalue weighted by Crippen LogP contribution is 2.21. The molecule has 1 amide bonds. The van der Waals surface area contributed by atoms with Crippen molar-refractivity contribution in [1.82, 2.24) is 14.5 Å². The summed E-state index contributed by atoms with van der Waals surface area (Å²) >= 11 is 0. The molecule has 0 aliphatic carbocycles. The lowest BCUT2D eigenvalue weighted by Gasteiger charge is -2.37. The van der Waals surface area contributed by atoms with E-state index in [4.69, 9.17) is 4.74 Å². The molecule has 0 N–H and O–H groups in total. The minimum Gasteiger partial charge on any atom is -0.365 e. The van der Waals surface area contributed by atoms with E-state index in [1.165, 1.54) is 28.1 Å². The normalized spacial score (nSPS) is 20.0. The molecule has 0 saturated carbocycles. The molecule has 136 valence electrons. The van der Waals surface area contributed by atoms with E-state index < -0.39 is 6.10 Å². The molecule has 1 atom stereocenters. The number of anilines is 1. The average Bonchev–Trinajstić information content (AvgIpc) is 2.69. The summed E-state index contributed by atoms with van der Waals surface area (Å²) in [5.41, 5.74) is 2.40. The van der Waals surface area contributed by atoms with E-state index >= 15 is 0 Å². The van der Waals surface area contributed by atoms with Gasteiger partial charge in [-0.1, -0.05) is 24.3 Å². The Labute approximate surface area is 151 Å². The molecule has 3 heterocycles. The SMILES string of the molecule is Cn1cnc(N2CCOC(C(=O)N3CCc4ccccc4C3)C2)cc1=O. The highest BCUT2D eigenvalue weighted by atomic mass is 16.5. The molecule has 7 nitrogen and oxygen atoms in total. The minimum absolute atomic E-state index is 0.00744. The molecule has 4 rings (SSSR count). The second kappa shape index (κ2) is 6.92. The summed E-state index contributed by atoms with van der Waals surface area (Å²) in [6, 6.07) is 9.75. The third-order valence-electron chi connectivity index (χ3n) is 5.07. The van der Waals surface area contributed by atoms with Gasteiger partial charge >= 0.3 is 0 Å². The van der Waals surface area contributed by atoms with Gasteiger partial charge in [0.15, 0.2) is 6.10 Å². The topological polar surface area (TPSA) is 67.7 Å². The molecular weight excluding hydrogens is 332 g/mol. The third-order valence-corrected chi connectivity index (χ3v) is 5.07. The minimum atomic E-state index is -0.528. The van der Waals surface area contributed by atoms with E-state index in [1.54, 1.807) is 7.05 Å². The quantitative estimate of drug-likeness (QED) is 0.789. The predicted octanol–water partition coefficient (Wildman–Crippen LogP) is 0.570. The Balaban J connectivity index is 1.47. The van der Waals surface area contributed by atoms with Crippen LogP contribution in [0.1, 0.15) is 11.1 Å². The molecule has 1 aromatic carbocycles. The molecule has 7 heteroatoms. The Kier molecular flexibility index (Phi) is 4.46. The lowest BCUT2D eigenvalue weighted by molar-refractivity contribution is -0.145. The van der Waals surface area contributed by atoms with Crippen molar-refractivity contribution in [3.8, 4) is 0 Å². The number of benzene rings is 1. The molecule has 1 fully saturated rings. The number of hydrogen-bond acceptors (Lipinski definition) is 5. The Hall–Kier alpha value is -2.67. The summed E-state index contributed by atoms with van der Waals surface area (Å²) in [6.07, 6.45) is 1.85. The highest BCUT2D eigenvalue weighted by Gasteiger charge is 2.32. The van der Waals surface area contributed by atoms with Crippen LogP contribution in [0.4, 0.5) is 5.82 Å². The maximum absolute atomic E-state index is 12.9. The van der Waals surface area contributed by atoms with Crippen LogP contribution in [0.15, 0.2) is 41.5 Å². The highest BCUT2D eigenvalue weighted by molar-refractivity contribution is 5.82. The van der Waals surface area contributed by atoms with Gasteiger partial charge in [0.25, 0.3) is 11.5 Å². The molecule has 26 heavy (non-hydrogen) atoms. The molecule has 1 unspecified atom stereocenters. The van der Waals surface area contributed by atoms with Crippen LogP contribution in [0, 0.1) is 0 Å². The fourth-order valence-corrected chi connectivity index (χ4v) is 3.52. The number of rotatable bonds is 2. The van der Waals surface area contributed by atoms with Crippen molar-refractivity contribution < 1.29 is 9.53 Å². The van der Waals surface area contributed by atoms with Crippen LogP contribution < -0.4 is 10.5 Å². The number of nitrogens with zero attached hydrogens (tertiary/aromatic N) is 4. The van der Waals surface area contributed by atoms with E-state index in [1.807, 2.05) is 21.9 Å². The zero-order valence-electron chi connectivity index (χ0n) is 14.8. The largest absolute Gasteiger partial charge is 0.365 e. The summed E-state index contributed by atoms with van der Waals surface area (Å²) in [7, 11) is 1.67. The molecule has 0 bridgehead atoms.